The molecule has 1 amide bonds. The third-order valence-electron chi connectivity index (χ3n) is 6.60. The van der Waals surface area contributed by atoms with E-state index in [0.29, 0.717) is 5.56 Å². The molecular weight excluding hydrogens is 519 g/mol. The number of nitrogens with zero attached hydrogens (tertiary/aromatic N) is 2. The minimum atomic E-state index is -5.08. The van der Waals surface area contributed by atoms with Crippen LogP contribution in [0.3, 0.4) is 0 Å². The van der Waals surface area contributed by atoms with Gasteiger partial charge < -0.3 is 15.3 Å². The summed E-state index contributed by atoms with van der Waals surface area (Å²) in [6, 6.07) is 26.3. The highest BCUT2D eigenvalue weighted by atomic mass is 19.4. The third-order valence-corrected chi connectivity index (χ3v) is 6.60. The molecule has 4 rings (SSSR count). The molecular formula is C31H36F3N3O3. The van der Waals surface area contributed by atoms with Crippen LogP contribution in [0.2, 0.25) is 0 Å². The highest BCUT2D eigenvalue weighted by Gasteiger charge is 2.38. The SMILES string of the molecule is CCCCN1CCCN(Cc2cccc(NC(=O)c3ccc(-c4ccccc4)cc3)c2)CC1.O=C(O)C(F)(F)F. The molecule has 9 heteroatoms. The summed E-state index contributed by atoms with van der Waals surface area (Å²) in [7, 11) is 0. The number of rotatable bonds is 8. The fourth-order valence-electron chi connectivity index (χ4n) is 4.44. The van der Waals surface area contributed by atoms with E-state index in [-0.39, 0.29) is 5.91 Å². The van der Waals surface area contributed by atoms with E-state index in [9.17, 15) is 18.0 Å². The second-order valence-corrected chi connectivity index (χ2v) is 9.73. The van der Waals surface area contributed by atoms with Crippen molar-refractivity contribution in [1.82, 2.24) is 9.80 Å². The summed E-state index contributed by atoms with van der Waals surface area (Å²) in [5, 5.41) is 10.2. The first-order valence-corrected chi connectivity index (χ1v) is 13.5. The Hall–Kier alpha value is -3.69. The molecule has 0 aliphatic carbocycles. The number of amides is 1. The van der Waals surface area contributed by atoms with E-state index in [1.807, 2.05) is 54.6 Å². The first-order valence-electron chi connectivity index (χ1n) is 13.5. The fraction of sp³-hybridized carbons (Fsp3) is 0.355. The van der Waals surface area contributed by atoms with Gasteiger partial charge in [-0.2, -0.15) is 13.2 Å². The molecule has 0 radical (unpaired) electrons. The van der Waals surface area contributed by atoms with Crippen LogP contribution in [0.15, 0.2) is 78.9 Å². The molecule has 214 valence electrons. The van der Waals surface area contributed by atoms with Crippen LogP contribution < -0.4 is 5.32 Å². The number of hydrogen-bond acceptors (Lipinski definition) is 4. The molecule has 1 aliphatic rings. The number of halogens is 3. The van der Waals surface area contributed by atoms with Gasteiger partial charge in [-0.05, 0) is 73.4 Å². The number of nitrogens with one attached hydrogen (secondary N) is 1. The number of carbonyl (C=O) groups is 2. The fourth-order valence-corrected chi connectivity index (χ4v) is 4.44. The molecule has 0 aromatic heterocycles. The van der Waals surface area contributed by atoms with Gasteiger partial charge in [0, 0.05) is 30.9 Å². The Morgan fingerprint density at radius 2 is 1.48 bits per heavy atom. The van der Waals surface area contributed by atoms with Crippen molar-refractivity contribution in [2.75, 3.05) is 38.0 Å². The van der Waals surface area contributed by atoms with Gasteiger partial charge in [-0.25, -0.2) is 4.79 Å². The molecule has 40 heavy (non-hydrogen) atoms. The van der Waals surface area contributed by atoms with Crippen molar-refractivity contribution in [1.29, 1.82) is 0 Å². The maximum atomic E-state index is 12.8. The summed E-state index contributed by atoms with van der Waals surface area (Å²) in [6.45, 7) is 9.00. The Morgan fingerprint density at radius 3 is 2.12 bits per heavy atom. The minimum absolute atomic E-state index is 0.0758. The van der Waals surface area contributed by atoms with Gasteiger partial charge in [-0.3, -0.25) is 9.69 Å². The lowest BCUT2D eigenvalue weighted by Gasteiger charge is -2.22. The first-order chi connectivity index (χ1) is 19.2. The number of carboxylic acid groups (broad SMARTS) is 1. The van der Waals surface area contributed by atoms with Crippen LogP contribution in [0.4, 0.5) is 18.9 Å². The smallest absolute Gasteiger partial charge is 0.475 e. The predicted octanol–water partition coefficient (Wildman–Crippen LogP) is 6.55. The van der Waals surface area contributed by atoms with E-state index in [4.69, 9.17) is 9.90 Å². The van der Waals surface area contributed by atoms with Gasteiger partial charge in [0.15, 0.2) is 0 Å². The van der Waals surface area contributed by atoms with Crippen molar-refractivity contribution in [2.45, 2.75) is 38.9 Å². The number of carboxylic acids is 1. The molecule has 0 unspecified atom stereocenters. The number of hydrogen-bond donors (Lipinski definition) is 2. The summed E-state index contributed by atoms with van der Waals surface area (Å²) >= 11 is 0. The van der Waals surface area contributed by atoms with Gasteiger partial charge >= 0.3 is 12.1 Å². The van der Waals surface area contributed by atoms with Crippen molar-refractivity contribution in [3.8, 4) is 11.1 Å². The number of benzene rings is 3. The largest absolute Gasteiger partial charge is 0.490 e. The van der Waals surface area contributed by atoms with E-state index in [2.05, 4.69) is 46.3 Å². The maximum absolute atomic E-state index is 12.8. The summed E-state index contributed by atoms with van der Waals surface area (Å²) in [5.74, 6) is -2.83. The molecule has 1 saturated heterocycles. The summed E-state index contributed by atoms with van der Waals surface area (Å²) in [6.07, 6.45) is -1.31. The Morgan fingerprint density at radius 1 is 0.850 bits per heavy atom. The van der Waals surface area contributed by atoms with E-state index < -0.39 is 12.1 Å². The molecule has 3 aromatic carbocycles. The van der Waals surface area contributed by atoms with Crippen LogP contribution in [0.5, 0.6) is 0 Å². The number of alkyl halides is 3. The molecule has 6 nitrogen and oxygen atoms in total. The van der Waals surface area contributed by atoms with E-state index in [1.165, 1.54) is 37.9 Å². The molecule has 0 saturated carbocycles. The Bertz CT molecular complexity index is 1220. The zero-order valence-electron chi connectivity index (χ0n) is 22.7. The monoisotopic (exact) mass is 555 g/mol. The summed E-state index contributed by atoms with van der Waals surface area (Å²) in [4.78, 5) is 26.8. The van der Waals surface area contributed by atoms with Crippen LogP contribution >= 0.6 is 0 Å². The first kappa shape index (κ1) is 30.8. The second kappa shape index (κ2) is 15.2. The standard InChI is InChI=1S/C29H35N3O.C2HF3O2/c1-2-3-17-31-18-8-19-32(21-20-31)23-24-9-7-12-28(22-24)30-29(33)27-15-13-26(14-16-27)25-10-5-4-6-11-25;3-2(4,5)1(6)7/h4-7,9-16,22H,2-3,8,17-21,23H2,1H3,(H,30,33);(H,6,7). The lowest BCUT2D eigenvalue weighted by Crippen LogP contribution is -2.31. The van der Waals surface area contributed by atoms with Crippen LogP contribution in [0.25, 0.3) is 11.1 Å². The zero-order chi connectivity index (χ0) is 29.0. The normalized spacial score (nSPS) is 14.5. The molecule has 0 bridgehead atoms. The number of aliphatic carboxylic acids is 1. The number of carbonyl (C=O) groups excluding carboxylic acids is 1. The molecule has 3 aromatic rings. The van der Waals surface area contributed by atoms with Crippen molar-refractivity contribution in [2.24, 2.45) is 0 Å². The van der Waals surface area contributed by atoms with Crippen molar-refractivity contribution < 1.29 is 27.9 Å². The van der Waals surface area contributed by atoms with E-state index >= 15 is 0 Å². The lowest BCUT2D eigenvalue weighted by atomic mass is 10.0. The number of anilines is 1. The highest BCUT2D eigenvalue weighted by Crippen LogP contribution is 2.20. The molecule has 0 spiro atoms. The van der Waals surface area contributed by atoms with Gasteiger partial charge in [0.1, 0.15) is 0 Å². The molecule has 2 N–H and O–H groups in total. The third kappa shape index (κ3) is 10.1. The molecule has 1 fully saturated rings. The van der Waals surface area contributed by atoms with Crippen molar-refractivity contribution >= 4 is 17.6 Å². The van der Waals surface area contributed by atoms with E-state index in [1.54, 1.807) is 0 Å². The van der Waals surface area contributed by atoms with Gasteiger partial charge in [0.25, 0.3) is 5.91 Å². The van der Waals surface area contributed by atoms with Crippen LogP contribution in [-0.2, 0) is 11.3 Å². The van der Waals surface area contributed by atoms with Crippen LogP contribution in [0, 0.1) is 0 Å². The predicted molar refractivity (Wildman–Crippen MR) is 151 cm³/mol. The second-order valence-electron chi connectivity index (χ2n) is 9.73. The van der Waals surface area contributed by atoms with Crippen LogP contribution in [-0.4, -0.2) is 65.7 Å². The summed E-state index contributed by atoms with van der Waals surface area (Å²) in [5.41, 5.74) is 5.03. The van der Waals surface area contributed by atoms with Crippen molar-refractivity contribution in [3.05, 3.63) is 90.0 Å². The Kier molecular flexibility index (Phi) is 11.7. The quantitative estimate of drug-likeness (QED) is 0.330. The molecule has 1 heterocycles. The topological polar surface area (TPSA) is 72.9 Å². The minimum Gasteiger partial charge on any atom is -0.475 e. The Labute approximate surface area is 233 Å². The van der Waals surface area contributed by atoms with Gasteiger partial charge in [-0.1, -0.05) is 67.9 Å². The lowest BCUT2D eigenvalue weighted by molar-refractivity contribution is -0.192. The summed E-state index contributed by atoms with van der Waals surface area (Å²) < 4.78 is 31.7. The Balaban J connectivity index is 0.000000559. The maximum Gasteiger partial charge on any atom is 0.490 e. The molecule has 0 atom stereocenters. The van der Waals surface area contributed by atoms with Gasteiger partial charge in [-0.15, -0.1) is 0 Å². The average Bonchev–Trinajstić information content (AvgIpc) is 3.17. The van der Waals surface area contributed by atoms with Gasteiger partial charge in [0.2, 0.25) is 0 Å². The van der Waals surface area contributed by atoms with Crippen molar-refractivity contribution in [3.63, 3.8) is 0 Å². The zero-order valence-corrected chi connectivity index (χ0v) is 22.7. The number of unbranched alkanes of at least 4 members (excludes halogenated alkanes) is 1. The van der Waals surface area contributed by atoms with E-state index in [0.717, 1.165) is 43.0 Å². The van der Waals surface area contributed by atoms with Crippen LogP contribution in [0.1, 0.15) is 42.1 Å². The molecule has 1 aliphatic heterocycles. The van der Waals surface area contributed by atoms with Gasteiger partial charge in [0.05, 0.1) is 0 Å². The average molecular weight is 556 g/mol. The highest BCUT2D eigenvalue weighted by molar-refractivity contribution is 6.04.